The molecule has 28 heavy (non-hydrogen) atoms. The van der Waals surface area contributed by atoms with Gasteiger partial charge in [-0.2, -0.15) is 13.2 Å². The van der Waals surface area contributed by atoms with Gasteiger partial charge in [-0.25, -0.2) is 14.8 Å². The number of halogens is 3. The van der Waals surface area contributed by atoms with Gasteiger partial charge in [0.25, 0.3) is 0 Å². The van der Waals surface area contributed by atoms with Crippen LogP contribution in [-0.2, 0) is 22.1 Å². The molecule has 7 nitrogen and oxygen atoms in total. The first-order chi connectivity index (χ1) is 13.2. The molecular weight excluding hydrogens is 377 g/mol. The maximum Gasteiger partial charge on any atom is 0.419 e. The van der Waals surface area contributed by atoms with Crippen LogP contribution in [0.25, 0.3) is 0 Å². The highest BCUT2D eigenvalue weighted by atomic mass is 19.4. The number of nitrogens with zero attached hydrogens (tertiary/aromatic N) is 3. The van der Waals surface area contributed by atoms with Crippen molar-refractivity contribution < 1.29 is 27.5 Å². The van der Waals surface area contributed by atoms with E-state index in [0.29, 0.717) is 37.6 Å². The lowest BCUT2D eigenvalue weighted by molar-refractivity contribution is -0.155. The standard InChI is InChI=1S/C18H21F3N4O3/c19-18(20,21)12-6-22-14(23-7-12)3-11-4-17(5-11)9-25(10-17)15(26)2-1-13-8-28-16(27)24-13/h6-7,11,13H,1-5,8-10H2,(H,24,27)/t13-/m1/s1. The summed E-state index contributed by atoms with van der Waals surface area (Å²) in [5.41, 5.74) is -0.685. The third-order valence-electron chi connectivity index (χ3n) is 5.80. The van der Waals surface area contributed by atoms with E-state index in [9.17, 15) is 22.8 Å². The van der Waals surface area contributed by atoms with Crippen LogP contribution in [0.2, 0.25) is 0 Å². The molecule has 2 saturated heterocycles. The van der Waals surface area contributed by atoms with Crippen LogP contribution in [0.5, 0.6) is 0 Å². The van der Waals surface area contributed by atoms with E-state index < -0.39 is 17.8 Å². The third-order valence-corrected chi connectivity index (χ3v) is 5.80. The number of rotatable bonds is 5. The minimum absolute atomic E-state index is 0.0845. The fraction of sp³-hybridized carbons (Fsp3) is 0.667. The first kappa shape index (κ1) is 18.9. The summed E-state index contributed by atoms with van der Waals surface area (Å²) in [4.78, 5) is 32.7. The van der Waals surface area contributed by atoms with E-state index >= 15 is 0 Å². The summed E-state index contributed by atoms with van der Waals surface area (Å²) in [6.45, 7) is 1.76. The number of nitrogens with one attached hydrogen (secondary N) is 1. The molecule has 2 aliphatic heterocycles. The van der Waals surface area contributed by atoms with Gasteiger partial charge in [-0.15, -0.1) is 0 Å². The SMILES string of the molecule is O=C1N[C@H](CCC(=O)N2CC3(CC(Cc4ncc(C(F)(F)F)cn4)C3)C2)CO1. The molecule has 0 bridgehead atoms. The smallest absolute Gasteiger partial charge is 0.419 e. The van der Waals surface area contributed by atoms with Crippen molar-refractivity contribution in [2.24, 2.45) is 11.3 Å². The van der Waals surface area contributed by atoms with Crippen molar-refractivity contribution in [1.29, 1.82) is 0 Å². The predicted molar refractivity (Wildman–Crippen MR) is 90.0 cm³/mol. The number of hydrogen-bond acceptors (Lipinski definition) is 5. The predicted octanol–water partition coefficient (Wildman–Crippen LogP) is 2.17. The quantitative estimate of drug-likeness (QED) is 0.822. The Morgan fingerprint density at radius 1 is 1.29 bits per heavy atom. The lowest BCUT2D eigenvalue weighted by Crippen LogP contribution is -2.64. The van der Waals surface area contributed by atoms with E-state index in [2.05, 4.69) is 15.3 Å². The number of aromatic nitrogens is 2. The van der Waals surface area contributed by atoms with Gasteiger partial charge in [-0.1, -0.05) is 0 Å². The van der Waals surface area contributed by atoms with Gasteiger partial charge in [-0.3, -0.25) is 4.79 Å². The van der Waals surface area contributed by atoms with E-state index in [1.165, 1.54) is 0 Å². The van der Waals surface area contributed by atoms with Crippen molar-refractivity contribution in [3.8, 4) is 0 Å². The van der Waals surface area contributed by atoms with Gasteiger partial charge < -0.3 is 15.0 Å². The zero-order valence-corrected chi connectivity index (χ0v) is 15.2. The second-order valence-electron chi connectivity index (χ2n) is 8.09. The van der Waals surface area contributed by atoms with E-state index in [1.807, 2.05) is 4.90 Å². The molecule has 152 valence electrons. The Bertz CT molecular complexity index is 754. The van der Waals surface area contributed by atoms with Gasteiger partial charge in [0.05, 0.1) is 11.6 Å². The number of ether oxygens (including phenoxy) is 1. The molecule has 1 aliphatic carbocycles. The molecule has 1 aromatic heterocycles. The van der Waals surface area contributed by atoms with Gasteiger partial charge in [0, 0.05) is 43.7 Å². The fourth-order valence-corrected chi connectivity index (χ4v) is 4.41. The Balaban J connectivity index is 1.17. The molecule has 3 fully saturated rings. The molecule has 0 aromatic carbocycles. The van der Waals surface area contributed by atoms with Crippen LogP contribution < -0.4 is 5.32 Å². The summed E-state index contributed by atoms with van der Waals surface area (Å²) in [6, 6.07) is -0.0940. The van der Waals surface area contributed by atoms with Gasteiger partial charge in [0.1, 0.15) is 12.4 Å². The molecular formula is C18H21F3N4O3. The van der Waals surface area contributed by atoms with E-state index in [-0.39, 0.29) is 17.4 Å². The molecule has 1 atom stereocenters. The van der Waals surface area contributed by atoms with Crippen LogP contribution in [0.15, 0.2) is 12.4 Å². The van der Waals surface area contributed by atoms with Crippen LogP contribution >= 0.6 is 0 Å². The van der Waals surface area contributed by atoms with E-state index in [4.69, 9.17) is 4.74 Å². The largest absolute Gasteiger partial charge is 0.447 e. The molecule has 3 heterocycles. The summed E-state index contributed by atoms with van der Waals surface area (Å²) in [6.07, 6.45) is 0.206. The summed E-state index contributed by atoms with van der Waals surface area (Å²) in [5, 5.41) is 2.66. The molecule has 0 radical (unpaired) electrons. The number of hydrogen-bond donors (Lipinski definition) is 1. The third kappa shape index (κ3) is 3.90. The molecule has 10 heteroatoms. The minimum atomic E-state index is -4.42. The average Bonchev–Trinajstić information content (AvgIpc) is 2.98. The topological polar surface area (TPSA) is 84.4 Å². The van der Waals surface area contributed by atoms with Crippen LogP contribution in [-0.4, -0.2) is 52.6 Å². The number of likely N-dealkylation sites (tertiary alicyclic amines) is 1. The van der Waals surface area contributed by atoms with E-state index in [1.54, 1.807) is 0 Å². The average molecular weight is 398 g/mol. The summed E-state index contributed by atoms with van der Waals surface area (Å²) in [7, 11) is 0. The number of cyclic esters (lactones) is 1. The highest BCUT2D eigenvalue weighted by molar-refractivity contribution is 5.77. The molecule has 2 amide bonds. The highest BCUT2D eigenvalue weighted by Crippen LogP contribution is 2.52. The Hall–Kier alpha value is -2.39. The maximum absolute atomic E-state index is 12.5. The van der Waals surface area contributed by atoms with Crippen LogP contribution in [0.3, 0.4) is 0 Å². The maximum atomic E-state index is 12.5. The Kier molecular flexibility index (Phi) is 4.67. The second kappa shape index (κ2) is 6.89. The normalized spacial score (nSPS) is 23.8. The minimum Gasteiger partial charge on any atom is -0.447 e. The Labute approximate surface area is 159 Å². The van der Waals surface area contributed by atoms with Gasteiger partial charge in [0.15, 0.2) is 0 Å². The molecule has 3 aliphatic rings. The van der Waals surface area contributed by atoms with Crippen molar-refractivity contribution in [1.82, 2.24) is 20.2 Å². The zero-order chi connectivity index (χ0) is 19.9. The van der Waals surface area contributed by atoms with Gasteiger partial charge >= 0.3 is 12.3 Å². The van der Waals surface area contributed by atoms with Crippen molar-refractivity contribution in [2.45, 2.75) is 44.3 Å². The monoisotopic (exact) mass is 398 g/mol. The first-order valence-electron chi connectivity index (χ1n) is 9.32. The molecule has 0 unspecified atom stereocenters. The summed E-state index contributed by atoms with van der Waals surface area (Å²) in [5.74, 6) is 0.863. The number of alkyl carbamates (subject to hydrolysis) is 1. The summed E-state index contributed by atoms with van der Waals surface area (Å²) < 4.78 is 42.4. The van der Waals surface area contributed by atoms with Gasteiger partial charge in [0.2, 0.25) is 5.91 Å². The number of carbonyl (C=O) groups excluding carboxylic acids is 2. The highest BCUT2D eigenvalue weighted by Gasteiger charge is 2.53. The van der Waals surface area contributed by atoms with E-state index in [0.717, 1.165) is 38.3 Å². The van der Waals surface area contributed by atoms with Crippen molar-refractivity contribution in [3.63, 3.8) is 0 Å². The molecule has 1 aromatic rings. The number of alkyl halides is 3. The lowest BCUT2D eigenvalue weighted by Gasteiger charge is -2.59. The van der Waals surface area contributed by atoms with Crippen molar-refractivity contribution >= 4 is 12.0 Å². The number of amides is 2. The zero-order valence-electron chi connectivity index (χ0n) is 15.2. The van der Waals surface area contributed by atoms with Crippen LogP contribution in [0.4, 0.5) is 18.0 Å². The molecule has 1 N–H and O–H groups in total. The van der Waals surface area contributed by atoms with Crippen LogP contribution in [0.1, 0.15) is 37.1 Å². The van der Waals surface area contributed by atoms with Crippen LogP contribution in [0, 0.1) is 11.3 Å². The van der Waals surface area contributed by atoms with Crippen molar-refractivity contribution in [3.05, 3.63) is 23.8 Å². The Morgan fingerprint density at radius 2 is 1.96 bits per heavy atom. The number of carbonyl (C=O) groups is 2. The summed E-state index contributed by atoms with van der Waals surface area (Å²) >= 11 is 0. The second-order valence-corrected chi connectivity index (χ2v) is 8.09. The molecule has 1 spiro atoms. The Morgan fingerprint density at radius 3 is 2.54 bits per heavy atom. The molecule has 1 saturated carbocycles. The first-order valence-corrected chi connectivity index (χ1v) is 9.32. The van der Waals surface area contributed by atoms with Gasteiger partial charge in [-0.05, 0) is 25.2 Å². The van der Waals surface area contributed by atoms with Crippen molar-refractivity contribution in [2.75, 3.05) is 19.7 Å². The fourth-order valence-electron chi connectivity index (χ4n) is 4.41. The lowest BCUT2D eigenvalue weighted by atomic mass is 9.57. The molecule has 4 rings (SSSR count).